The summed E-state index contributed by atoms with van der Waals surface area (Å²) in [7, 11) is 0. The molecule has 5 rings (SSSR count). The van der Waals surface area contributed by atoms with Crippen molar-refractivity contribution in [3.8, 4) is 0 Å². The van der Waals surface area contributed by atoms with Crippen molar-refractivity contribution in [2.75, 3.05) is 28.3 Å². The molecule has 2 aliphatic heterocycles. The summed E-state index contributed by atoms with van der Waals surface area (Å²) in [6.45, 7) is 2.14. The zero-order valence-electron chi connectivity index (χ0n) is 17.3. The summed E-state index contributed by atoms with van der Waals surface area (Å²) in [6.07, 6.45) is 4.81. The molecule has 2 aliphatic rings. The van der Waals surface area contributed by atoms with E-state index in [0.29, 0.717) is 18.0 Å². The second-order valence-corrected chi connectivity index (χ2v) is 7.91. The van der Waals surface area contributed by atoms with Crippen LogP contribution in [0.1, 0.15) is 30.9 Å². The lowest BCUT2D eigenvalue weighted by molar-refractivity contribution is -0.110. The molecule has 1 saturated heterocycles. The fourth-order valence-electron chi connectivity index (χ4n) is 4.21. The molecule has 6 heteroatoms. The average molecular weight is 412 g/mol. The van der Waals surface area contributed by atoms with Gasteiger partial charge in [-0.05, 0) is 42.7 Å². The number of hydrazone groups is 1. The lowest BCUT2D eigenvalue weighted by Gasteiger charge is -2.23. The Morgan fingerprint density at radius 2 is 1.58 bits per heavy atom. The molecule has 0 radical (unpaired) electrons. The molecule has 0 bridgehead atoms. The maximum absolute atomic E-state index is 13.0. The highest BCUT2D eigenvalue weighted by atomic mass is 16.2. The third-order valence-corrected chi connectivity index (χ3v) is 5.84. The molecule has 31 heavy (non-hydrogen) atoms. The quantitative estimate of drug-likeness (QED) is 0.665. The summed E-state index contributed by atoms with van der Waals surface area (Å²) in [5.74, 6) is 0.339. The Kier molecular flexibility index (Phi) is 5.35. The zero-order chi connectivity index (χ0) is 21.0. The fourth-order valence-corrected chi connectivity index (χ4v) is 4.21. The first-order valence-corrected chi connectivity index (χ1v) is 10.8. The lowest BCUT2D eigenvalue weighted by atomic mass is 10.0. The molecule has 1 amide bonds. The minimum atomic E-state index is -0.208. The van der Waals surface area contributed by atoms with E-state index in [0.717, 1.165) is 30.0 Å². The molecular formula is C25H25N5O. The fraction of sp³-hybridized carbons (Fsp3) is 0.240. The van der Waals surface area contributed by atoms with Gasteiger partial charge in [-0.3, -0.25) is 9.80 Å². The zero-order valence-corrected chi connectivity index (χ0v) is 17.3. The van der Waals surface area contributed by atoms with Gasteiger partial charge < -0.3 is 10.2 Å². The van der Waals surface area contributed by atoms with Crippen molar-refractivity contribution in [2.45, 2.75) is 25.3 Å². The maximum atomic E-state index is 13.0. The number of hydrogen-bond donors (Lipinski definition) is 1. The molecule has 1 atom stereocenters. The van der Waals surface area contributed by atoms with Gasteiger partial charge in [0.05, 0.1) is 23.6 Å². The number of nitrogens with zero attached hydrogens (tertiary/aromatic N) is 4. The summed E-state index contributed by atoms with van der Waals surface area (Å²) < 4.78 is 0. The topological polar surface area (TPSA) is 60.8 Å². The van der Waals surface area contributed by atoms with Crippen molar-refractivity contribution in [3.63, 3.8) is 0 Å². The van der Waals surface area contributed by atoms with Gasteiger partial charge in [0.25, 0.3) is 5.91 Å². The van der Waals surface area contributed by atoms with Crippen molar-refractivity contribution < 1.29 is 4.79 Å². The van der Waals surface area contributed by atoms with Crippen LogP contribution in [0.5, 0.6) is 0 Å². The molecule has 0 saturated carbocycles. The number of para-hydroxylation sites is 1. The van der Waals surface area contributed by atoms with Gasteiger partial charge in [-0.15, -0.1) is 0 Å². The number of carbonyl (C=O) groups is 1. The van der Waals surface area contributed by atoms with E-state index in [1.165, 1.54) is 12.8 Å². The number of aromatic nitrogens is 1. The summed E-state index contributed by atoms with van der Waals surface area (Å²) in [5.41, 5.74) is 3.70. The van der Waals surface area contributed by atoms with E-state index in [4.69, 9.17) is 5.10 Å². The monoisotopic (exact) mass is 411 g/mol. The molecule has 1 aromatic heterocycles. The molecule has 2 aromatic carbocycles. The highest BCUT2D eigenvalue weighted by molar-refractivity contribution is 6.43. The van der Waals surface area contributed by atoms with Crippen LogP contribution in [0.2, 0.25) is 0 Å². The normalized spacial score (nSPS) is 18.2. The van der Waals surface area contributed by atoms with Crippen LogP contribution < -0.4 is 15.2 Å². The van der Waals surface area contributed by atoms with E-state index in [2.05, 4.69) is 27.3 Å². The standard InChI is InChI=1S/C25H25N5O/c31-25(27-24-14-13-21(18-26-24)29-15-7-8-16-29)22-17-23(19-9-3-1-4-10-19)30(28-22)20-11-5-2-6-12-20/h1-6,9-14,18,23H,7-8,15-17H2,(H,26,27,31). The number of pyridine rings is 1. The Bertz CT molecular complexity index is 1060. The van der Waals surface area contributed by atoms with Gasteiger partial charge in [0.1, 0.15) is 11.5 Å². The van der Waals surface area contributed by atoms with Crippen LogP contribution in [0, 0.1) is 0 Å². The van der Waals surface area contributed by atoms with Gasteiger partial charge in [-0.1, -0.05) is 48.5 Å². The van der Waals surface area contributed by atoms with Crippen LogP contribution in [0.25, 0.3) is 0 Å². The Hall–Kier alpha value is -3.67. The van der Waals surface area contributed by atoms with Crippen LogP contribution in [0.15, 0.2) is 84.1 Å². The predicted octanol–water partition coefficient (Wildman–Crippen LogP) is 4.63. The predicted molar refractivity (Wildman–Crippen MR) is 124 cm³/mol. The number of carbonyl (C=O) groups excluding carboxylic acids is 1. The molecule has 1 N–H and O–H groups in total. The summed E-state index contributed by atoms with van der Waals surface area (Å²) in [5, 5.41) is 9.55. The second kappa shape index (κ2) is 8.60. The Labute approximate surface area is 182 Å². The molecule has 3 aromatic rings. The molecule has 156 valence electrons. The first kappa shape index (κ1) is 19.3. The molecule has 1 fully saturated rings. The molecule has 6 nitrogen and oxygen atoms in total. The number of rotatable bonds is 5. The van der Waals surface area contributed by atoms with Crippen LogP contribution in [-0.4, -0.2) is 29.7 Å². The summed E-state index contributed by atoms with van der Waals surface area (Å²) in [6, 6.07) is 24.0. The smallest absolute Gasteiger partial charge is 0.273 e. The van der Waals surface area contributed by atoms with Crippen molar-refractivity contribution in [2.24, 2.45) is 5.10 Å². The Morgan fingerprint density at radius 3 is 2.26 bits per heavy atom. The number of nitrogens with one attached hydrogen (secondary N) is 1. The number of benzene rings is 2. The van der Waals surface area contributed by atoms with E-state index < -0.39 is 0 Å². The molecular weight excluding hydrogens is 386 g/mol. The van der Waals surface area contributed by atoms with E-state index in [9.17, 15) is 4.79 Å². The maximum Gasteiger partial charge on any atom is 0.273 e. The van der Waals surface area contributed by atoms with Gasteiger partial charge in [0.15, 0.2) is 0 Å². The third kappa shape index (κ3) is 4.14. The van der Waals surface area contributed by atoms with Crippen LogP contribution in [-0.2, 0) is 4.79 Å². The molecule has 1 unspecified atom stereocenters. The second-order valence-electron chi connectivity index (χ2n) is 7.91. The van der Waals surface area contributed by atoms with E-state index in [1.54, 1.807) is 0 Å². The summed E-state index contributed by atoms with van der Waals surface area (Å²) in [4.78, 5) is 19.8. The molecule has 3 heterocycles. The number of amides is 1. The van der Waals surface area contributed by atoms with Crippen LogP contribution in [0.3, 0.4) is 0 Å². The van der Waals surface area contributed by atoms with E-state index >= 15 is 0 Å². The first-order chi connectivity index (χ1) is 15.3. The molecule has 0 spiro atoms. The van der Waals surface area contributed by atoms with E-state index in [1.807, 2.05) is 71.9 Å². The Morgan fingerprint density at radius 1 is 0.871 bits per heavy atom. The van der Waals surface area contributed by atoms with Crippen LogP contribution >= 0.6 is 0 Å². The third-order valence-electron chi connectivity index (χ3n) is 5.84. The minimum Gasteiger partial charge on any atom is -0.370 e. The van der Waals surface area contributed by atoms with Crippen molar-refractivity contribution >= 4 is 28.8 Å². The Balaban J connectivity index is 1.34. The molecule has 0 aliphatic carbocycles. The van der Waals surface area contributed by atoms with E-state index in [-0.39, 0.29) is 11.9 Å². The van der Waals surface area contributed by atoms with Gasteiger partial charge in [0, 0.05) is 19.5 Å². The van der Waals surface area contributed by atoms with Gasteiger partial charge in [0.2, 0.25) is 0 Å². The SMILES string of the molecule is O=C(Nc1ccc(N2CCCC2)cn1)C1=NN(c2ccccc2)C(c2ccccc2)C1. The minimum absolute atomic E-state index is 0.0187. The summed E-state index contributed by atoms with van der Waals surface area (Å²) >= 11 is 0. The number of anilines is 3. The highest BCUT2D eigenvalue weighted by Gasteiger charge is 2.32. The van der Waals surface area contributed by atoms with Gasteiger partial charge in [-0.25, -0.2) is 4.98 Å². The highest BCUT2D eigenvalue weighted by Crippen LogP contribution is 2.35. The average Bonchev–Trinajstić information content (AvgIpc) is 3.52. The van der Waals surface area contributed by atoms with Gasteiger partial charge >= 0.3 is 0 Å². The van der Waals surface area contributed by atoms with Gasteiger partial charge in [-0.2, -0.15) is 5.10 Å². The van der Waals surface area contributed by atoms with Crippen LogP contribution in [0.4, 0.5) is 17.2 Å². The first-order valence-electron chi connectivity index (χ1n) is 10.8. The lowest BCUT2D eigenvalue weighted by Crippen LogP contribution is -2.23. The van der Waals surface area contributed by atoms with Crippen molar-refractivity contribution in [1.82, 2.24) is 4.98 Å². The number of hydrogen-bond acceptors (Lipinski definition) is 5. The largest absolute Gasteiger partial charge is 0.370 e. The van der Waals surface area contributed by atoms with Crippen molar-refractivity contribution in [3.05, 3.63) is 84.6 Å². The van der Waals surface area contributed by atoms with Crippen molar-refractivity contribution in [1.29, 1.82) is 0 Å².